The maximum atomic E-state index is 12.7. The van der Waals surface area contributed by atoms with Gasteiger partial charge in [0.1, 0.15) is 5.69 Å². The normalized spacial score (nSPS) is 15.0. The fraction of sp³-hybridized carbons (Fsp3) is 0.364. The summed E-state index contributed by atoms with van der Waals surface area (Å²) in [6.07, 6.45) is 8.55. The van der Waals surface area contributed by atoms with Gasteiger partial charge in [-0.25, -0.2) is 4.98 Å². The summed E-state index contributed by atoms with van der Waals surface area (Å²) in [7, 11) is 0. The third-order valence-corrected chi connectivity index (χ3v) is 6.21. The molecule has 0 saturated heterocycles. The number of carbonyl (C=O) groups is 1. The summed E-state index contributed by atoms with van der Waals surface area (Å²) in [5.41, 5.74) is 3.60. The van der Waals surface area contributed by atoms with Crippen molar-refractivity contribution in [3.63, 3.8) is 0 Å². The minimum absolute atomic E-state index is 0.0861. The van der Waals surface area contributed by atoms with Crippen LogP contribution in [0.3, 0.4) is 0 Å². The average Bonchev–Trinajstić information content (AvgIpc) is 3.30. The van der Waals surface area contributed by atoms with E-state index in [0.29, 0.717) is 18.2 Å². The lowest BCUT2D eigenvalue weighted by Gasteiger charge is -2.18. The van der Waals surface area contributed by atoms with E-state index in [1.165, 1.54) is 37.1 Å². The fourth-order valence-electron chi connectivity index (χ4n) is 3.80. The Labute approximate surface area is 164 Å². The summed E-state index contributed by atoms with van der Waals surface area (Å²) in [6.45, 7) is 2.65. The van der Waals surface area contributed by atoms with Crippen LogP contribution in [0.5, 0.6) is 0 Å². The topological polar surface area (TPSA) is 46.9 Å². The van der Waals surface area contributed by atoms with Crippen LogP contribution in [0.4, 0.5) is 5.69 Å². The van der Waals surface area contributed by atoms with Crippen molar-refractivity contribution in [2.24, 2.45) is 0 Å². The van der Waals surface area contributed by atoms with E-state index in [-0.39, 0.29) is 5.91 Å². The molecular formula is C22H25N3OS. The maximum Gasteiger partial charge on any atom is 0.272 e. The standard InChI is InChI=1S/C22H25N3OS/c1-16-12-20(21(26)23-18-10-6-3-7-11-18)25(13-16)14-19-15-27-22(24-19)17-8-4-2-5-9-17/h3,6-7,10-13,15,17H,2,4-5,8-9,14H2,1H3,(H,23,26). The number of hydrogen-bond acceptors (Lipinski definition) is 3. The molecule has 1 N–H and O–H groups in total. The van der Waals surface area contributed by atoms with Crippen LogP contribution in [0.1, 0.15) is 64.8 Å². The minimum atomic E-state index is -0.0861. The largest absolute Gasteiger partial charge is 0.337 e. The molecule has 0 spiro atoms. The highest BCUT2D eigenvalue weighted by molar-refractivity contribution is 7.09. The number of aryl methyl sites for hydroxylation is 1. The van der Waals surface area contributed by atoms with Crippen molar-refractivity contribution in [1.29, 1.82) is 0 Å². The molecule has 1 saturated carbocycles. The van der Waals surface area contributed by atoms with Gasteiger partial charge in [-0.1, -0.05) is 37.5 Å². The zero-order valence-corrected chi connectivity index (χ0v) is 16.5. The van der Waals surface area contributed by atoms with Crippen molar-refractivity contribution in [2.45, 2.75) is 51.5 Å². The first-order valence-electron chi connectivity index (χ1n) is 9.66. The number of rotatable bonds is 5. The lowest BCUT2D eigenvalue weighted by molar-refractivity contribution is 0.101. The molecule has 3 aromatic rings. The summed E-state index contributed by atoms with van der Waals surface area (Å²) in [5.74, 6) is 0.543. The number of anilines is 1. The number of nitrogens with one attached hydrogen (secondary N) is 1. The molecule has 0 atom stereocenters. The van der Waals surface area contributed by atoms with Crippen LogP contribution in [0, 0.1) is 6.92 Å². The van der Waals surface area contributed by atoms with Crippen LogP contribution < -0.4 is 5.32 Å². The van der Waals surface area contributed by atoms with E-state index in [1.54, 1.807) is 11.3 Å². The molecular weight excluding hydrogens is 354 g/mol. The number of nitrogens with zero attached hydrogens (tertiary/aromatic N) is 2. The van der Waals surface area contributed by atoms with Crippen LogP contribution in [0.2, 0.25) is 0 Å². The van der Waals surface area contributed by atoms with Crippen molar-refractivity contribution in [3.05, 3.63) is 69.9 Å². The molecule has 0 unspecified atom stereocenters. The van der Waals surface area contributed by atoms with E-state index in [1.807, 2.05) is 54.1 Å². The number of amides is 1. The van der Waals surface area contributed by atoms with Gasteiger partial charge in [0.15, 0.2) is 0 Å². The zero-order valence-electron chi connectivity index (χ0n) is 15.6. The quantitative estimate of drug-likeness (QED) is 0.627. The Kier molecular flexibility index (Phi) is 5.39. The second-order valence-corrected chi connectivity index (χ2v) is 8.25. The Morgan fingerprint density at radius 3 is 2.78 bits per heavy atom. The number of hydrogen-bond donors (Lipinski definition) is 1. The SMILES string of the molecule is Cc1cc(C(=O)Nc2ccccc2)n(Cc2csc(C3CCCCC3)n2)c1. The molecule has 1 aromatic carbocycles. The van der Waals surface area contributed by atoms with E-state index in [4.69, 9.17) is 4.98 Å². The molecule has 1 aliphatic carbocycles. The molecule has 0 aliphatic heterocycles. The van der Waals surface area contributed by atoms with Crippen LogP contribution in [0.15, 0.2) is 48.0 Å². The van der Waals surface area contributed by atoms with Gasteiger partial charge in [-0.3, -0.25) is 4.79 Å². The molecule has 0 radical (unpaired) electrons. The van der Waals surface area contributed by atoms with Gasteiger partial charge in [-0.05, 0) is 43.5 Å². The third-order valence-electron chi connectivity index (χ3n) is 5.15. The van der Waals surface area contributed by atoms with Crippen LogP contribution in [-0.2, 0) is 6.54 Å². The Bertz CT molecular complexity index is 907. The Balaban J connectivity index is 1.49. The number of para-hydroxylation sites is 1. The predicted octanol–water partition coefficient (Wildman–Crippen LogP) is 5.60. The van der Waals surface area contributed by atoms with E-state index < -0.39 is 0 Å². The smallest absolute Gasteiger partial charge is 0.272 e. The number of thiazole rings is 1. The molecule has 1 aliphatic rings. The van der Waals surface area contributed by atoms with Crippen molar-refractivity contribution >= 4 is 22.9 Å². The second-order valence-electron chi connectivity index (χ2n) is 7.36. The number of aromatic nitrogens is 2. The Morgan fingerprint density at radius 1 is 1.22 bits per heavy atom. The second kappa shape index (κ2) is 8.09. The van der Waals surface area contributed by atoms with Crippen molar-refractivity contribution < 1.29 is 4.79 Å². The molecule has 1 fully saturated rings. The first kappa shape index (κ1) is 18.0. The number of benzene rings is 1. The van der Waals surface area contributed by atoms with Gasteiger partial charge in [-0.15, -0.1) is 11.3 Å². The van der Waals surface area contributed by atoms with E-state index in [2.05, 4.69) is 10.7 Å². The molecule has 0 bridgehead atoms. The van der Waals surface area contributed by atoms with E-state index in [0.717, 1.165) is 16.9 Å². The molecule has 4 nitrogen and oxygen atoms in total. The van der Waals surface area contributed by atoms with Gasteiger partial charge < -0.3 is 9.88 Å². The van der Waals surface area contributed by atoms with Gasteiger partial charge in [0.05, 0.1) is 17.2 Å². The predicted molar refractivity (Wildman–Crippen MR) is 111 cm³/mol. The summed E-state index contributed by atoms with van der Waals surface area (Å²) in [4.78, 5) is 17.6. The molecule has 2 aromatic heterocycles. The average molecular weight is 380 g/mol. The van der Waals surface area contributed by atoms with Gasteiger partial charge in [-0.2, -0.15) is 0 Å². The van der Waals surface area contributed by atoms with Gasteiger partial charge >= 0.3 is 0 Å². The highest BCUT2D eigenvalue weighted by Crippen LogP contribution is 2.34. The molecule has 27 heavy (non-hydrogen) atoms. The first-order chi connectivity index (χ1) is 13.2. The highest BCUT2D eigenvalue weighted by Gasteiger charge is 2.19. The Morgan fingerprint density at radius 2 is 2.00 bits per heavy atom. The van der Waals surface area contributed by atoms with Crippen LogP contribution in [0.25, 0.3) is 0 Å². The summed E-state index contributed by atoms with van der Waals surface area (Å²) >= 11 is 1.77. The fourth-order valence-corrected chi connectivity index (χ4v) is 4.78. The monoisotopic (exact) mass is 379 g/mol. The van der Waals surface area contributed by atoms with Gasteiger partial charge in [0, 0.05) is 23.2 Å². The lowest BCUT2D eigenvalue weighted by atomic mass is 9.90. The summed E-state index contributed by atoms with van der Waals surface area (Å²) < 4.78 is 2.01. The van der Waals surface area contributed by atoms with Gasteiger partial charge in [0.25, 0.3) is 5.91 Å². The van der Waals surface area contributed by atoms with E-state index in [9.17, 15) is 4.79 Å². The minimum Gasteiger partial charge on any atom is -0.337 e. The van der Waals surface area contributed by atoms with Crippen LogP contribution >= 0.6 is 11.3 Å². The van der Waals surface area contributed by atoms with E-state index >= 15 is 0 Å². The molecule has 1 amide bonds. The molecule has 5 heteroatoms. The van der Waals surface area contributed by atoms with Crippen molar-refractivity contribution in [1.82, 2.24) is 9.55 Å². The number of carbonyl (C=O) groups excluding carboxylic acids is 1. The van der Waals surface area contributed by atoms with Gasteiger partial charge in [0.2, 0.25) is 0 Å². The van der Waals surface area contributed by atoms with Crippen LogP contribution in [-0.4, -0.2) is 15.5 Å². The summed E-state index contributed by atoms with van der Waals surface area (Å²) in [5, 5.41) is 6.40. The third kappa shape index (κ3) is 4.30. The first-order valence-corrected chi connectivity index (χ1v) is 10.5. The molecule has 4 rings (SSSR count). The Hall–Kier alpha value is -2.40. The zero-order chi connectivity index (χ0) is 18.6. The van der Waals surface area contributed by atoms with Crippen molar-refractivity contribution in [2.75, 3.05) is 5.32 Å². The molecule has 2 heterocycles. The summed E-state index contributed by atoms with van der Waals surface area (Å²) in [6, 6.07) is 11.5. The molecule has 140 valence electrons. The maximum absolute atomic E-state index is 12.7. The highest BCUT2D eigenvalue weighted by atomic mass is 32.1. The van der Waals surface area contributed by atoms with Crippen molar-refractivity contribution in [3.8, 4) is 0 Å². The lowest BCUT2D eigenvalue weighted by Crippen LogP contribution is -2.17.